The summed E-state index contributed by atoms with van der Waals surface area (Å²) >= 11 is 6.05. The average Bonchev–Trinajstić information content (AvgIpc) is 3.14. The van der Waals surface area contributed by atoms with Crippen molar-refractivity contribution in [1.82, 2.24) is 5.32 Å². The third-order valence-electron chi connectivity index (χ3n) is 3.49. The highest BCUT2D eigenvalue weighted by atomic mass is 35.5. The van der Waals surface area contributed by atoms with Gasteiger partial charge in [0.2, 0.25) is 6.79 Å². The van der Waals surface area contributed by atoms with Crippen molar-refractivity contribution in [2.75, 3.05) is 18.7 Å². The molecule has 3 rings (SSSR count). The number of nitrogens with one attached hydrogen (secondary N) is 2. The lowest BCUT2D eigenvalue weighted by Crippen LogP contribution is -2.37. The van der Waals surface area contributed by atoms with Crippen LogP contribution in [-0.2, 0) is 14.3 Å². The highest BCUT2D eigenvalue weighted by Gasteiger charge is 2.17. The van der Waals surface area contributed by atoms with Gasteiger partial charge in [0.05, 0.1) is 5.02 Å². The third kappa shape index (κ3) is 5.24. The number of anilines is 1. The summed E-state index contributed by atoms with van der Waals surface area (Å²) in [5.41, 5.74) is 1.12. The van der Waals surface area contributed by atoms with E-state index < -0.39 is 24.5 Å². The number of benzene rings is 2. The van der Waals surface area contributed by atoms with Gasteiger partial charge in [0.25, 0.3) is 5.91 Å². The van der Waals surface area contributed by atoms with E-state index >= 15 is 0 Å². The molecule has 2 aromatic carbocycles. The minimum Gasteiger partial charge on any atom is -0.454 e. The quantitative estimate of drug-likeness (QED) is 0.588. The van der Waals surface area contributed by atoms with Crippen molar-refractivity contribution in [2.24, 2.45) is 0 Å². The Balaban J connectivity index is 1.45. The first kappa shape index (κ1) is 19.2. The van der Waals surface area contributed by atoms with E-state index in [1.807, 2.05) is 0 Å². The maximum Gasteiger partial charge on any atom is 0.331 e. The van der Waals surface area contributed by atoms with Crippen LogP contribution < -0.4 is 20.1 Å². The van der Waals surface area contributed by atoms with Gasteiger partial charge >= 0.3 is 12.0 Å². The molecule has 0 fully saturated rings. The standard InChI is InChI=1S/C19H15ClN2O6/c20-14-8-12(9-15-18(14)28-11-27-15)6-7-17(24)26-10-16(23)22-19(25)21-13-4-2-1-3-5-13/h1-9H,10-11H2,(H2,21,22,23,25)/b7-6+. The SMILES string of the molecule is O=C(COC(=O)/C=C/c1cc(Cl)c2c(c1)OCO2)NC(=O)Nc1ccccc1. The lowest BCUT2D eigenvalue weighted by Gasteiger charge is -2.06. The minimum atomic E-state index is -0.763. The smallest absolute Gasteiger partial charge is 0.331 e. The highest BCUT2D eigenvalue weighted by molar-refractivity contribution is 6.32. The molecular formula is C19H15ClN2O6. The van der Waals surface area contributed by atoms with Crippen molar-refractivity contribution in [2.45, 2.75) is 0 Å². The van der Waals surface area contributed by atoms with Crippen LogP contribution in [0.15, 0.2) is 48.5 Å². The Kier molecular flexibility index (Phi) is 6.13. The van der Waals surface area contributed by atoms with E-state index in [4.69, 9.17) is 25.8 Å². The number of ether oxygens (including phenoxy) is 3. The van der Waals surface area contributed by atoms with Crippen LogP contribution in [0.3, 0.4) is 0 Å². The van der Waals surface area contributed by atoms with Gasteiger partial charge in [-0.3, -0.25) is 10.1 Å². The molecule has 0 spiro atoms. The molecule has 9 heteroatoms. The lowest BCUT2D eigenvalue weighted by molar-refractivity contribution is -0.143. The fraction of sp³-hybridized carbons (Fsp3) is 0.105. The van der Waals surface area contributed by atoms with Gasteiger partial charge in [0.15, 0.2) is 18.1 Å². The van der Waals surface area contributed by atoms with Crippen LogP contribution in [0.5, 0.6) is 11.5 Å². The number of hydrogen-bond acceptors (Lipinski definition) is 6. The summed E-state index contributed by atoms with van der Waals surface area (Å²) < 4.78 is 15.2. The molecular weight excluding hydrogens is 388 g/mol. The van der Waals surface area contributed by atoms with Crippen LogP contribution >= 0.6 is 11.6 Å². The molecule has 8 nitrogen and oxygen atoms in total. The number of fused-ring (bicyclic) bond motifs is 1. The van der Waals surface area contributed by atoms with Crippen LogP contribution in [0, 0.1) is 0 Å². The second-order valence-corrected chi connectivity index (χ2v) is 5.95. The fourth-order valence-electron chi connectivity index (χ4n) is 2.28. The molecule has 1 aliphatic rings. The number of carbonyl (C=O) groups is 3. The van der Waals surface area contributed by atoms with Gasteiger partial charge in [-0.15, -0.1) is 0 Å². The Labute approximate surface area is 165 Å². The van der Waals surface area contributed by atoms with E-state index in [-0.39, 0.29) is 6.79 Å². The van der Waals surface area contributed by atoms with Crippen molar-refractivity contribution >= 4 is 41.3 Å². The van der Waals surface area contributed by atoms with Crippen LogP contribution in [-0.4, -0.2) is 31.3 Å². The number of rotatable bonds is 5. The number of hydrogen-bond donors (Lipinski definition) is 2. The molecule has 0 unspecified atom stereocenters. The van der Waals surface area contributed by atoms with Gasteiger partial charge in [-0.25, -0.2) is 9.59 Å². The van der Waals surface area contributed by atoms with Gasteiger partial charge in [0.1, 0.15) is 0 Å². The summed E-state index contributed by atoms with van der Waals surface area (Å²) in [4.78, 5) is 35.1. The third-order valence-corrected chi connectivity index (χ3v) is 3.77. The van der Waals surface area contributed by atoms with Gasteiger partial charge < -0.3 is 19.5 Å². The van der Waals surface area contributed by atoms with Gasteiger partial charge in [-0.05, 0) is 35.9 Å². The van der Waals surface area contributed by atoms with Crippen LogP contribution in [0.25, 0.3) is 6.08 Å². The maximum absolute atomic E-state index is 11.7. The van der Waals surface area contributed by atoms with Crippen LogP contribution in [0.4, 0.5) is 10.5 Å². The predicted molar refractivity (Wildman–Crippen MR) is 101 cm³/mol. The predicted octanol–water partition coefficient (Wildman–Crippen LogP) is 2.97. The highest BCUT2D eigenvalue weighted by Crippen LogP contribution is 2.40. The Morgan fingerprint density at radius 3 is 2.71 bits per heavy atom. The summed E-state index contributed by atoms with van der Waals surface area (Å²) in [5, 5.41) is 4.88. The van der Waals surface area contributed by atoms with Crippen molar-refractivity contribution in [3.63, 3.8) is 0 Å². The molecule has 1 aliphatic heterocycles. The molecule has 2 aromatic rings. The molecule has 0 atom stereocenters. The zero-order chi connectivity index (χ0) is 19.9. The van der Waals surface area contributed by atoms with Gasteiger partial charge in [-0.2, -0.15) is 0 Å². The van der Waals surface area contributed by atoms with E-state index in [9.17, 15) is 14.4 Å². The van der Waals surface area contributed by atoms with Crippen molar-refractivity contribution in [3.05, 3.63) is 59.1 Å². The second kappa shape index (κ2) is 8.92. The summed E-state index contributed by atoms with van der Waals surface area (Å²) in [7, 11) is 0. The number of imide groups is 1. The molecule has 0 saturated carbocycles. The number of amides is 3. The van der Waals surface area contributed by atoms with Gasteiger partial charge in [0, 0.05) is 11.8 Å². The molecule has 144 valence electrons. The maximum atomic E-state index is 11.7. The Morgan fingerprint density at radius 2 is 1.93 bits per heavy atom. The number of esters is 1. The lowest BCUT2D eigenvalue weighted by atomic mass is 10.2. The molecule has 0 aliphatic carbocycles. The summed E-state index contributed by atoms with van der Waals surface area (Å²) in [6, 6.07) is 11.1. The topological polar surface area (TPSA) is 103 Å². The van der Waals surface area contributed by atoms with E-state index in [1.165, 1.54) is 6.08 Å². The summed E-state index contributed by atoms with van der Waals surface area (Å²) in [6.45, 7) is -0.523. The van der Waals surface area contributed by atoms with Crippen molar-refractivity contribution in [3.8, 4) is 11.5 Å². The first-order valence-electron chi connectivity index (χ1n) is 8.11. The van der Waals surface area contributed by atoms with Crippen molar-refractivity contribution < 1.29 is 28.6 Å². The molecule has 0 radical (unpaired) electrons. The Hall–Kier alpha value is -3.52. The number of carbonyl (C=O) groups excluding carboxylic acids is 3. The summed E-state index contributed by atoms with van der Waals surface area (Å²) in [6.07, 6.45) is 2.58. The van der Waals surface area contributed by atoms with E-state index in [0.29, 0.717) is 27.8 Å². The first-order chi connectivity index (χ1) is 13.5. The molecule has 0 bridgehead atoms. The van der Waals surface area contributed by atoms with E-state index in [2.05, 4.69) is 10.6 Å². The fourth-order valence-corrected chi connectivity index (χ4v) is 2.55. The largest absolute Gasteiger partial charge is 0.454 e. The molecule has 2 N–H and O–H groups in total. The normalized spacial score (nSPS) is 11.9. The monoisotopic (exact) mass is 402 g/mol. The first-order valence-corrected chi connectivity index (χ1v) is 8.49. The molecule has 28 heavy (non-hydrogen) atoms. The van der Waals surface area contributed by atoms with Crippen molar-refractivity contribution in [1.29, 1.82) is 0 Å². The second-order valence-electron chi connectivity index (χ2n) is 5.55. The van der Waals surface area contributed by atoms with Crippen LogP contribution in [0.1, 0.15) is 5.56 Å². The summed E-state index contributed by atoms with van der Waals surface area (Å²) in [5.74, 6) is -0.593. The average molecular weight is 403 g/mol. The zero-order valence-corrected chi connectivity index (χ0v) is 15.2. The van der Waals surface area contributed by atoms with E-state index in [0.717, 1.165) is 6.08 Å². The van der Waals surface area contributed by atoms with Gasteiger partial charge in [-0.1, -0.05) is 29.8 Å². The minimum absolute atomic E-state index is 0.0806. The molecule has 3 amide bonds. The zero-order valence-electron chi connectivity index (χ0n) is 14.4. The number of para-hydroxylation sites is 1. The molecule has 0 saturated heterocycles. The Morgan fingerprint density at radius 1 is 1.14 bits per heavy atom. The molecule has 0 aromatic heterocycles. The number of halogens is 1. The Bertz CT molecular complexity index is 930. The van der Waals surface area contributed by atoms with E-state index in [1.54, 1.807) is 42.5 Å². The van der Waals surface area contributed by atoms with Crippen LogP contribution in [0.2, 0.25) is 5.02 Å². The molecule has 1 heterocycles. The number of urea groups is 1.